The molecule has 7 heteroatoms. The number of thiazole rings is 1. The highest BCUT2D eigenvalue weighted by Crippen LogP contribution is 2.26. The van der Waals surface area contributed by atoms with Gasteiger partial charge in [0.2, 0.25) is 5.91 Å². The molecular weight excluding hydrogens is 340 g/mol. The van der Waals surface area contributed by atoms with E-state index < -0.39 is 5.97 Å². The minimum Gasteiger partial charge on any atom is -0.461 e. The third-order valence-corrected chi connectivity index (χ3v) is 5.24. The molecule has 1 aliphatic carbocycles. The highest BCUT2D eigenvalue weighted by atomic mass is 32.1. The predicted molar refractivity (Wildman–Crippen MR) is 96.6 cm³/mol. The Hall–Kier alpha value is -1.47. The van der Waals surface area contributed by atoms with Crippen LogP contribution < -0.4 is 0 Å². The molecule has 1 aliphatic rings. The van der Waals surface area contributed by atoms with Gasteiger partial charge in [-0.2, -0.15) is 0 Å². The van der Waals surface area contributed by atoms with Crippen molar-refractivity contribution in [1.29, 1.82) is 0 Å². The SMILES string of the molecule is CCOC(=O)c1csc(CN(CCCOC)C(=O)C2CCCCC2)n1. The average Bonchev–Trinajstić information content (AvgIpc) is 3.10. The Bertz CT molecular complexity index is 555. The van der Waals surface area contributed by atoms with Crippen LogP contribution in [0.25, 0.3) is 0 Å². The molecule has 1 fully saturated rings. The number of amides is 1. The molecule has 1 saturated carbocycles. The highest BCUT2D eigenvalue weighted by Gasteiger charge is 2.26. The van der Waals surface area contributed by atoms with Gasteiger partial charge in [0.05, 0.1) is 13.2 Å². The second kappa shape index (κ2) is 10.5. The summed E-state index contributed by atoms with van der Waals surface area (Å²) in [5.74, 6) is -0.0704. The molecule has 1 heterocycles. The summed E-state index contributed by atoms with van der Waals surface area (Å²) in [5, 5.41) is 2.47. The Morgan fingerprint density at radius 2 is 2.08 bits per heavy atom. The predicted octanol–water partition coefficient (Wildman–Crippen LogP) is 3.27. The Morgan fingerprint density at radius 1 is 1.32 bits per heavy atom. The average molecular weight is 368 g/mol. The molecular formula is C18H28N2O4S. The number of nitrogens with zero attached hydrogens (tertiary/aromatic N) is 2. The zero-order valence-electron chi connectivity index (χ0n) is 15.2. The smallest absolute Gasteiger partial charge is 0.357 e. The molecule has 0 unspecified atom stereocenters. The molecule has 0 N–H and O–H groups in total. The summed E-state index contributed by atoms with van der Waals surface area (Å²) in [6, 6.07) is 0. The number of hydrogen-bond donors (Lipinski definition) is 0. The Morgan fingerprint density at radius 3 is 2.76 bits per heavy atom. The molecule has 0 aromatic carbocycles. The summed E-state index contributed by atoms with van der Waals surface area (Å²) in [4.78, 5) is 30.9. The van der Waals surface area contributed by atoms with Gasteiger partial charge in [-0.05, 0) is 26.2 Å². The first-order chi connectivity index (χ1) is 12.2. The molecule has 25 heavy (non-hydrogen) atoms. The number of ether oxygens (including phenoxy) is 2. The van der Waals surface area contributed by atoms with E-state index in [2.05, 4.69) is 4.98 Å². The molecule has 1 aromatic rings. The van der Waals surface area contributed by atoms with Crippen LogP contribution in [-0.4, -0.2) is 48.6 Å². The van der Waals surface area contributed by atoms with Gasteiger partial charge in [-0.1, -0.05) is 19.3 Å². The van der Waals surface area contributed by atoms with Crippen LogP contribution in [0, 0.1) is 5.92 Å². The molecule has 0 bridgehead atoms. The number of methoxy groups -OCH3 is 1. The molecule has 2 rings (SSSR count). The number of carbonyl (C=O) groups excluding carboxylic acids is 2. The largest absolute Gasteiger partial charge is 0.461 e. The quantitative estimate of drug-likeness (QED) is 0.494. The molecule has 0 saturated heterocycles. The van der Waals surface area contributed by atoms with Gasteiger partial charge < -0.3 is 14.4 Å². The van der Waals surface area contributed by atoms with E-state index in [1.165, 1.54) is 17.8 Å². The van der Waals surface area contributed by atoms with Gasteiger partial charge in [-0.3, -0.25) is 4.79 Å². The molecule has 1 amide bonds. The van der Waals surface area contributed by atoms with Gasteiger partial charge in [0, 0.05) is 31.6 Å². The fourth-order valence-corrected chi connectivity index (χ4v) is 3.90. The lowest BCUT2D eigenvalue weighted by atomic mass is 9.88. The van der Waals surface area contributed by atoms with E-state index in [-0.39, 0.29) is 11.8 Å². The summed E-state index contributed by atoms with van der Waals surface area (Å²) in [6.45, 7) is 3.82. The third kappa shape index (κ3) is 6.08. The van der Waals surface area contributed by atoms with Crippen LogP contribution in [0.3, 0.4) is 0 Å². The van der Waals surface area contributed by atoms with Crippen molar-refractivity contribution in [3.05, 3.63) is 16.1 Å². The monoisotopic (exact) mass is 368 g/mol. The van der Waals surface area contributed by atoms with Crippen molar-refractivity contribution in [3.8, 4) is 0 Å². The van der Waals surface area contributed by atoms with Crippen LogP contribution in [-0.2, 0) is 20.8 Å². The van der Waals surface area contributed by atoms with Crippen LogP contribution in [0.15, 0.2) is 5.38 Å². The highest BCUT2D eigenvalue weighted by molar-refractivity contribution is 7.09. The summed E-state index contributed by atoms with van der Waals surface area (Å²) < 4.78 is 10.1. The molecule has 0 atom stereocenters. The lowest BCUT2D eigenvalue weighted by Gasteiger charge is -2.28. The van der Waals surface area contributed by atoms with Crippen LogP contribution in [0.1, 0.15) is 60.9 Å². The van der Waals surface area contributed by atoms with E-state index in [9.17, 15) is 9.59 Å². The standard InChI is InChI=1S/C18H28N2O4S/c1-3-24-18(22)15-13-25-16(19-15)12-20(10-7-11-23-2)17(21)14-8-5-4-6-9-14/h13-14H,3-12H2,1-2H3. The van der Waals surface area contributed by atoms with Gasteiger partial charge in [0.1, 0.15) is 5.01 Å². The topological polar surface area (TPSA) is 68.7 Å². The van der Waals surface area contributed by atoms with E-state index >= 15 is 0 Å². The Balaban J connectivity index is 2.01. The van der Waals surface area contributed by atoms with Crippen LogP contribution in [0.2, 0.25) is 0 Å². The Labute approximate surface area is 153 Å². The maximum absolute atomic E-state index is 12.9. The second-order valence-electron chi connectivity index (χ2n) is 6.29. The maximum atomic E-state index is 12.9. The van der Waals surface area contributed by atoms with Crippen molar-refractivity contribution in [3.63, 3.8) is 0 Å². The van der Waals surface area contributed by atoms with E-state index in [1.807, 2.05) is 4.90 Å². The van der Waals surface area contributed by atoms with Gasteiger partial charge in [0.25, 0.3) is 0 Å². The fourth-order valence-electron chi connectivity index (χ4n) is 3.12. The van der Waals surface area contributed by atoms with Crippen molar-refractivity contribution in [1.82, 2.24) is 9.88 Å². The van der Waals surface area contributed by atoms with Gasteiger partial charge >= 0.3 is 5.97 Å². The number of carbonyl (C=O) groups is 2. The van der Waals surface area contributed by atoms with Gasteiger partial charge in [-0.15, -0.1) is 11.3 Å². The molecule has 1 aromatic heterocycles. The molecule has 0 spiro atoms. The first-order valence-electron chi connectivity index (χ1n) is 9.05. The Kier molecular flexibility index (Phi) is 8.34. The summed E-state index contributed by atoms with van der Waals surface area (Å²) >= 11 is 1.40. The van der Waals surface area contributed by atoms with E-state index in [0.717, 1.165) is 37.1 Å². The zero-order valence-corrected chi connectivity index (χ0v) is 16.0. The summed E-state index contributed by atoms with van der Waals surface area (Å²) in [6.07, 6.45) is 6.24. The lowest BCUT2D eigenvalue weighted by Crippen LogP contribution is -2.37. The van der Waals surface area contributed by atoms with Crippen molar-refractivity contribution >= 4 is 23.2 Å². The van der Waals surface area contributed by atoms with Crippen LogP contribution in [0.5, 0.6) is 0 Å². The summed E-state index contributed by atoms with van der Waals surface area (Å²) in [5.41, 5.74) is 0.323. The number of hydrogen-bond acceptors (Lipinski definition) is 6. The number of rotatable bonds is 9. The van der Waals surface area contributed by atoms with E-state index in [4.69, 9.17) is 9.47 Å². The first kappa shape index (κ1) is 19.8. The normalized spacial score (nSPS) is 15.1. The van der Waals surface area contributed by atoms with E-state index in [0.29, 0.717) is 32.0 Å². The van der Waals surface area contributed by atoms with Crippen LogP contribution in [0.4, 0.5) is 0 Å². The molecule has 0 aliphatic heterocycles. The second-order valence-corrected chi connectivity index (χ2v) is 7.23. The molecule has 0 radical (unpaired) electrons. The first-order valence-corrected chi connectivity index (χ1v) is 9.93. The maximum Gasteiger partial charge on any atom is 0.357 e. The molecule has 140 valence electrons. The minimum absolute atomic E-state index is 0.126. The summed E-state index contributed by atoms with van der Waals surface area (Å²) in [7, 11) is 1.67. The minimum atomic E-state index is -0.408. The lowest BCUT2D eigenvalue weighted by molar-refractivity contribution is -0.137. The van der Waals surface area contributed by atoms with Crippen molar-refractivity contribution < 1.29 is 19.1 Å². The van der Waals surface area contributed by atoms with Gasteiger partial charge in [-0.25, -0.2) is 9.78 Å². The third-order valence-electron chi connectivity index (χ3n) is 4.41. The zero-order chi connectivity index (χ0) is 18.1. The fraction of sp³-hybridized carbons (Fsp3) is 0.722. The van der Waals surface area contributed by atoms with E-state index in [1.54, 1.807) is 19.4 Å². The molecule has 6 nitrogen and oxygen atoms in total. The number of aromatic nitrogens is 1. The van der Waals surface area contributed by atoms with Crippen LogP contribution >= 0.6 is 11.3 Å². The van der Waals surface area contributed by atoms with Crippen molar-refractivity contribution in [2.75, 3.05) is 26.9 Å². The number of esters is 1. The van der Waals surface area contributed by atoms with Crippen molar-refractivity contribution in [2.45, 2.75) is 52.0 Å². The van der Waals surface area contributed by atoms with Gasteiger partial charge in [0.15, 0.2) is 5.69 Å². The van der Waals surface area contributed by atoms with Crippen molar-refractivity contribution in [2.24, 2.45) is 5.92 Å².